The van der Waals surface area contributed by atoms with Crippen LogP contribution in [0, 0.1) is 0 Å². The fourth-order valence-electron chi connectivity index (χ4n) is 2.17. The average Bonchev–Trinajstić information content (AvgIpc) is 2.63. The molecule has 3 rings (SSSR count). The first-order chi connectivity index (χ1) is 12.2. The molecule has 25 heavy (non-hydrogen) atoms. The molecule has 0 aliphatic carbocycles. The fraction of sp³-hybridized carbons (Fsp3) is 0.0500. The first-order valence-electron chi connectivity index (χ1n) is 7.72. The molecule has 0 bridgehead atoms. The van der Waals surface area contributed by atoms with Crippen LogP contribution in [0.15, 0.2) is 77.9 Å². The number of benzene rings is 3. The van der Waals surface area contributed by atoms with Gasteiger partial charge in [0.15, 0.2) is 0 Å². The zero-order chi connectivity index (χ0) is 17.5. The van der Waals surface area contributed by atoms with Crippen molar-refractivity contribution in [1.82, 2.24) is 0 Å². The lowest BCUT2D eigenvalue weighted by Crippen LogP contribution is -1.97. The van der Waals surface area contributed by atoms with E-state index in [1.54, 1.807) is 18.3 Å². The average molecular weight is 371 g/mol. The SMILES string of the molecule is Clc1cccc(Cl)c1COc1ccc(C=NNc2ccccc2)cc1. The highest BCUT2D eigenvalue weighted by Crippen LogP contribution is 2.25. The highest BCUT2D eigenvalue weighted by Gasteiger charge is 2.06. The van der Waals surface area contributed by atoms with Crippen molar-refractivity contribution in [1.29, 1.82) is 0 Å². The van der Waals surface area contributed by atoms with E-state index in [0.717, 1.165) is 22.6 Å². The van der Waals surface area contributed by atoms with Crippen molar-refractivity contribution in [2.45, 2.75) is 6.61 Å². The number of hydrogen-bond donors (Lipinski definition) is 1. The zero-order valence-electron chi connectivity index (χ0n) is 13.3. The van der Waals surface area contributed by atoms with Gasteiger partial charge in [-0.1, -0.05) is 47.5 Å². The summed E-state index contributed by atoms with van der Waals surface area (Å²) in [6.45, 7) is 0.321. The van der Waals surface area contributed by atoms with Gasteiger partial charge in [-0.05, 0) is 54.1 Å². The fourth-order valence-corrected chi connectivity index (χ4v) is 2.68. The van der Waals surface area contributed by atoms with Crippen molar-refractivity contribution in [3.8, 4) is 5.75 Å². The van der Waals surface area contributed by atoms with Crippen molar-refractivity contribution in [3.05, 3.63) is 94.0 Å². The second-order valence-corrected chi connectivity index (χ2v) is 6.11. The normalized spacial score (nSPS) is 10.8. The number of anilines is 1. The molecular weight excluding hydrogens is 355 g/mol. The van der Waals surface area contributed by atoms with Gasteiger partial charge in [0.2, 0.25) is 0 Å². The molecule has 0 atom stereocenters. The molecule has 3 aromatic rings. The van der Waals surface area contributed by atoms with Gasteiger partial charge in [-0.2, -0.15) is 5.10 Å². The number of para-hydroxylation sites is 1. The van der Waals surface area contributed by atoms with Crippen molar-refractivity contribution >= 4 is 35.1 Å². The maximum Gasteiger partial charge on any atom is 0.119 e. The van der Waals surface area contributed by atoms with E-state index in [-0.39, 0.29) is 0 Å². The molecule has 0 unspecified atom stereocenters. The summed E-state index contributed by atoms with van der Waals surface area (Å²) in [6.07, 6.45) is 1.75. The standard InChI is InChI=1S/C20H16Cl2N2O/c21-19-7-4-8-20(22)18(19)14-25-17-11-9-15(10-12-17)13-23-24-16-5-2-1-3-6-16/h1-13,24H,14H2. The van der Waals surface area contributed by atoms with Gasteiger partial charge in [-0.25, -0.2) is 0 Å². The van der Waals surface area contributed by atoms with Gasteiger partial charge >= 0.3 is 0 Å². The van der Waals surface area contributed by atoms with Crippen molar-refractivity contribution < 1.29 is 4.74 Å². The van der Waals surface area contributed by atoms with Crippen LogP contribution in [0.25, 0.3) is 0 Å². The first kappa shape index (κ1) is 17.3. The van der Waals surface area contributed by atoms with E-state index in [4.69, 9.17) is 27.9 Å². The van der Waals surface area contributed by atoms with E-state index in [2.05, 4.69) is 10.5 Å². The molecule has 0 aromatic heterocycles. The van der Waals surface area contributed by atoms with E-state index < -0.39 is 0 Å². The molecular formula is C20H16Cl2N2O. The minimum absolute atomic E-state index is 0.321. The summed E-state index contributed by atoms with van der Waals surface area (Å²) in [7, 11) is 0. The smallest absolute Gasteiger partial charge is 0.119 e. The summed E-state index contributed by atoms with van der Waals surface area (Å²) in [5.41, 5.74) is 5.66. The van der Waals surface area contributed by atoms with E-state index in [1.807, 2.05) is 60.7 Å². The molecule has 0 fully saturated rings. The maximum absolute atomic E-state index is 6.14. The molecule has 5 heteroatoms. The number of hydrazone groups is 1. The highest BCUT2D eigenvalue weighted by atomic mass is 35.5. The monoisotopic (exact) mass is 370 g/mol. The van der Waals surface area contributed by atoms with Gasteiger partial charge in [0.05, 0.1) is 11.9 Å². The number of ether oxygens (including phenoxy) is 1. The molecule has 0 radical (unpaired) electrons. The molecule has 0 aliphatic heterocycles. The summed E-state index contributed by atoms with van der Waals surface area (Å²) < 4.78 is 5.75. The number of halogens is 2. The van der Waals surface area contributed by atoms with Crippen LogP contribution in [0.4, 0.5) is 5.69 Å². The lowest BCUT2D eigenvalue weighted by atomic mass is 10.2. The lowest BCUT2D eigenvalue weighted by Gasteiger charge is -2.09. The van der Waals surface area contributed by atoms with Crippen LogP contribution in [-0.2, 0) is 6.61 Å². The van der Waals surface area contributed by atoms with Crippen LogP contribution < -0.4 is 10.2 Å². The molecule has 3 aromatic carbocycles. The number of hydrogen-bond acceptors (Lipinski definition) is 3. The van der Waals surface area contributed by atoms with Crippen molar-refractivity contribution in [2.24, 2.45) is 5.10 Å². The van der Waals surface area contributed by atoms with Crippen LogP contribution in [-0.4, -0.2) is 6.21 Å². The third kappa shape index (κ3) is 4.99. The Hall–Kier alpha value is -2.49. The summed E-state index contributed by atoms with van der Waals surface area (Å²) in [6, 6.07) is 22.8. The second-order valence-electron chi connectivity index (χ2n) is 5.29. The molecule has 0 saturated carbocycles. The minimum atomic E-state index is 0.321. The Morgan fingerprint density at radius 3 is 2.20 bits per heavy atom. The summed E-state index contributed by atoms with van der Waals surface area (Å²) in [4.78, 5) is 0. The Kier molecular flexibility index (Phi) is 5.94. The van der Waals surface area contributed by atoms with Crippen molar-refractivity contribution in [2.75, 3.05) is 5.43 Å². The van der Waals surface area contributed by atoms with Crippen LogP contribution in [0.3, 0.4) is 0 Å². The third-order valence-electron chi connectivity index (χ3n) is 3.51. The van der Waals surface area contributed by atoms with Crippen LogP contribution in [0.1, 0.15) is 11.1 Å². The van der Waals surface area contributed by atoms with Gasteiger partial charge in [0.1, 0.15) is 12.4 Å². The first-order valence-corrected chi connectivity index (χ1v) is 8.48. The van der Waals surface area contributed by atoms with E-state index in [1.165, 1.54) is 0 Å². The van der Waals surface area contributed by atoms with Gasteiger partial charge in [-0.15, -0.1) is 0 Å². The van der Waals surface area contributed by atoms with Gasteiger partial charge < -0.3 is 4.74 Å². The number of rotatable bonds is 6. The molecule has 0 amide bonds. The van der Waals surface area contributed by atoms with E-state index in [9.17, 15) is 0 Å². The number of nitrogens with zero attached hydrogens (tertiary/aromatic N) is 1. The largest absolute Gasteiger partial charge is 0.489 e. The van der Waals surface area contributed by atoms with E-state index >= 15 is 0 Å². The lowest BCUT2D eigenvalue weighted by molar-refractivity contribution is 0.306. The molecule has 126 valence electrons. The van der Waals surface area contributed by atoms with Gasteiger partial charge in [0.25, 0.3) is 0 Å². The third-order valence-corrected chi connectivity index (χ3v) is 4.21. The summed E-state index contributed by atoms with van der Waals surface area (Å²) in [5.74, 6) is 0.740. The summed E-state index contributed by atoms with van der Waals surface area (Å²) >= 11 is 12.3. The predicted octanol–water partition coefficient (Wildman–Crippen LogP) is 6.02. The van der Waals surface area contributed by atoms with Crippen molar-refractivity contribution in [3.63, 3.8) is 0 Å². The highest BCUT2D eigenvalue weighted by molar-refractivity contribution is 6.35. The number of nitrogens with one attached hydrogen (secondary N) is 1. The molecule has 0 aliphatic rings. The Bertz CT molecular complexity index is 829. The van der Waals surface area contributed by atoms with Crippen LogP contribution >= 0.6 is 23.2 Å². The minimum Gasteiger partial charge on any atom is -0.489 e. The topological polar surface area (TPSA) is 33.6 Å². The van der Waals surface area contributed by atoms with Gasteiger partial charge in [-0.3, -0.25) is 5.43 Å². The Morgan fingerprint density at radius 1 is 0.840 bits per heavy atom. The molecule has 0 heterocycles. The predicted molar refractivity (Wildman–Crippen MR) is 105 cm³/mol. The molecule has 3 nitrogen and oxygen atoms in total. The summed E-state index contributed by atoms with van der Waals surface area (Å²) in [5, 5.41) is 5.41. The molecule has 0 spiro atoms. The quantitative estimate of drug-likeness (QED) is 0.425. The van der Waals surface area contributed by atoms with Crippen LogP contribution in [0.5, 0.6) is 5.75 Å². The molecule has 1 N–H and O–H groups in total. The maximum atomic E-state index is 6.14. The van der Waals surface area contributed by atoms with E-state index in [0.29, 0.717) is 16.7 Å². The van der Waals surface area contributed by atoms with Crippen LogP contribution in [0.2, 0.25) is 10.0 Å². The zero-order valence-corrected chi connectivity index (χ0v) is 14.8. The second kappa shape index (κ2) is 8.56. The Morgan fingerprint density at radius 2 is 1.52 bits per heavy atom. The Balaban J connectivity index is 1.57. The molecule has 0 saturated heterocycles. The van der Waals surface area contributed by atoms with Gasteiger partial charge in [0, 0.05) is 15.6 Å². The Labute approximate surface area is 156 Å².